The summed E-state index contributed by atoms with van der Waals surface area (Å²) in [6.45, 7) is 0.465. The molecule has 3 aromatic rings. The van der Waals surface area contributed by atoms with Crippen LogP contribution in [0.5, 0.6) is 5.75 Å². The largest absolute Gasteiger partial charge is 0.497 e. The van der Waals surface area contributed by atoms with Crippen LogP contribution in [-0.2, 0) is 11.3 Å². The number of amides is 1. The van der Waals surface area contributed by atoms with Crippen LogP contribution in [0.15, 0.2) is 47.6 Å². The van der Waals surface area contributed by atoms with Crippen LogP contribution in [0.3, 0.4) is 0 Å². The lowest BCUT2D eigenvalue weighted by Crippen LogP contribution is -2.24. The highest BCUT2D eigenvalue weighted by molar-refractivity contribution is 7.99. The molecule has 0 atom stereocenters. The van der Waals surface area contributed by atoms with E-state index in [1.807, 2.05) is 36.4 Å². The minimum atomic E-state index is -0.0543. The van der Waals surface area contributed by atoms with Crippen molar-refractivity contribution in [1.82, 2.24) is 15.3 Å². The standard InChI is InChI=1S/C17H16ClN3O2S/c1-23-13-4-2-3-11(7-13)9-19-16(22)10-24-17-20-14-6-5-12(18)8-15(14)21-17/h2-8H,9-10H2,1H3,(H,19,22)(H,20,21). The van der Waals surface area contributed by atoms with Gasteiger partial charge in [-0.05, 0) is 35.9 Å². The van der Waals surface area contributed by atoms with Crippen LogP contribution in [-0.4, -0.2) is 28.7 Å². The van der Waals surface area contributed by atoms with Crippen molar-refractivity contribution in [1.29, 1.82) is 0 Å². The van der Waals surface area contributed by atoms with Crippen LogP contribution in [0.2, 0.25) is 5.02 Å². The Morgan fingerprint density at radius 1 is 1.33 bits per heavy atom. The third kappa shape index (κ3) is 4.21. The maximum Gasteiger partial charge on any atom is 0.230 e. The Morgan fingerprint density at radius 3 is 3.04 bits per heavy atom. The fourth-order valence-electron chi connectivity index (χ4n) is 2.19. The smallest absolute Gasteiger partial charge is 0.230 e. The summed E-state index contributed by atoms with van der Waals surface area (Å²) in [6, 6.07) is 13.1. The van der Waals surface area contributed by atoms with Gasteiger partial charge in [-0.25, -0.2) is 4.98 Å². The van der Waals surface area contributed by atoms with Gasteiger partial charge in [-0.15, -0.1) is 0 Å². The first kappa shape index (κ1) is 16.7. The summed E-state index contributed by atoms with van der Waals surface area (Å²) in [4.78, 5) is 19.6. The molecule has 0 radical (unpaired) electrons. The molecule has 0 saturated carbocycles. The van der Waals surface area contributed by atoms with Crippen molar-refractivity contribution < 1.29 is 9.53 Å². The number of thioether (sulfide) groups is 1. The number of benzene rings is 2. The molecular weight excluding hydrogens is 346 g/mol. The normalized spacial score (nSPS) is 10.8. The Labute approximate surface area is 148 Å². The van der Waals surface area contributed by atoms with E-state index in [9.17, 15) is 4.79 Å². The number of aromatic amines is 1. The van der Waals surface area contributed by atoms with Crippen molar-refractivity contribution >= 4 is 40.3 Å². The quantitative estimate of drug-likeness (QED) is 0.658. The van der Waals surface area contributed by atoms with Gasteiger partial charge in [0.2, 0.25) is 5.91 Å². The van der Waals surface area contributed by atoms with Gasteiger partial charge in [-0.2, -0.15) is 0 Å². The predicted molar refractivity (Wildman–Crippen MR) is 96.7 cm³/mol. The summed E-state index contributed by atoms with van der Waals surface area (Å²) in [5.74, 6) is 1.01. The first-order valence-corrected chi connectivity index (χ1v) is 8.68. The maximum absolute atomic E-state index is 12.0. The molecule has 124 valence electrons. The number of ether oxygens (including phenoxy) is 1. The zero-order valence-corrected chi connectivity index (χ0v) is 14.6. The highest BCUT2D eigenvalue weighted by Gasteiger charge is 2.07. The summed E-state index contributed by atoms with van der Waals surface area (Å²) in [5, 5.41) is 4.23. The van der Waals surface area contributed by atoms with Gasteiger partial charge < -0.3 is 15.0 Å². The van der Waals surface area contributed by atoms with Crippen LogP contribution in [0.1, 0.15) is 5.56 Å². The molecule has 2 N–H and O–H groups in total. The SMILES string of the molecule is COc1cccc(CNC(=O)CSc2nc3ccc(Cl)cc3[nH]2)c1. The fraction of sp³-hybridized carbons (Fsp3) is 0.176. The number of imidazole rings is 1. The van der Waals surface area contributed by atoms with Gasteiger partial charge in [0.25, 0.3) is 0 Å². The van der Waals surface area contributed by atoms with E-state index in [4.69, 9.17) is 16.3 Å². The van der Waals surface area contributed by atoms with Gasteiger partial charge in [-0.1, -0.05) is 35.5 Å². The molecule has 0 spiro atoms. The van der Waals surface area contributed by atoms with Crippen molar-refractivity contribution in [2.24, 2.45) is 0 Å². The molecule has 0 aliphatic rings. The van der Waals surface area contributed by atoms with Crippen LogP contribution in [0.25, 0.3) is 11.0 Å². The molecule has 1 heterocycles. The average molecular weight is 362 g/mol. The Hall–Kier alpha value is -2.18. The van der Waals surface area contributed by atoms with Crippen LogP contribution in [0.4, 0.5) is 0 Å². The van der Waals surface area contributed by atoms with Gasteiger partial charge in [0.05, 0.1) is 23.9 Å². The molecule has 0 aliphatic carbocycles. The first-order chi connectivity index (χ1) is 11.6. The number of H-pyrrole nitrogens is 1. The number of hydrogen-bond donors (Lipinski definition) is 2. The van der Waals surface area contributed by atoms with Gasteiger partial charge >= 0.3 is 0 Å². The molecule has 2 aromatic carbocycles. The highest BCUT2D eigenvalue weighted by atomic mass is 35.5. The fourth-order valence-corrected chi connectivity index (χ4v) is 3.08. The van der Waals surface area contributed by atoms with Crippen molar-refractivity contribution in [3.63, 3.8) is 0 Å². The molecule has 0 fully saturated rings. The van der Waals surface area contributed by atoms with Crippen LogP contribution < -0.4 is 10.1 Å². The second kappa shape index (κ2) is 7.59. The second-order valence-corrected chi connectivity index (χ2v) is 6.52. The Kier molecular flexibility index (Phi) is 5.27. The highest BCUT2D eigenvalue weighted by Crippen LogP contribution is 2.22. The number of hydrogen-bond acceptors (Lipinski definition) is 4. The van der Waals surface area contributed by atoms with E-state index in [1.165, 1.54) is 11.8 Å². The average Bonchev–Trinajstić information content (AvgIpc) is 3.00. The third-order valence-corrected chi connectivity index (χ3v) is 4.49. The van der Waals surface area contributed by atoms with Crippen LogP contribution >= 0.6 is 23.4 Å². The van der Waals surface area contributed by atoms with E-state index in [0.717, 1.165) is 22.3 Å². The molecule has 0 aliphatic heterocycles. The summed E-state index contributed by atoms with van der Waals surface area (Å²) in [5.41, 5.74) is 2.69. The van der Waals surface area contributed by atoms with E-state index in [2.05, 4.69) is 15.3 Å². The minimum absolute atomic E-state index is 0.0543. The van der Waals surface area contributed by atoms with Gasteiger partial charge in [0.15, 0.2) is 5.16 Å². The second-order valence-electron chi connectivity index (χ2n) is 5.12. The van der Waals surface area contributed by atoms with E-state index >= 15 is 0 Å². The number of fused-ring (bicyclic) bond motifs is 1. The van der Waals surface area contributed by atoms with E-state index in [-0.39, 0.29) is 11.7 Å². The lowest BCUT2D eigenvalue weighted by Gasteiger charge is -2.06. The zero-order valence-electron chi connectivity index (χ0n) is 13.0. The number of halogens is 1. The monoisotopic (exact) mass is 361 g/mol. The Balaban J connectivity index is 1.52. The maximum atomic E-state index is 12.0. The molecular formula is C17H16ClN3O2S. The lowest BCUT2D eigenvalue weighted by atomic mass is 10.2. The molecule has 0 saturated heterocycles. The van der Waals surface area contributed by atoms with Gasteiger partial charge in [0, 0.05) is 11.6 Å². The molecule has 24 heavy (non-hydrogen) atoms. The summed E-state index contributed by atoms with van der Waals surface area (Å²) in [7, 11) is 1.62. The minimum Gasteiger partial charge on any atom is -0.497 e. The summed E-state index contributed by atoms with van der Waals surface area (Å²) in [6.07, 6.45) is 0. The molecule has 5 nitrogen and oxygen atoms in total. The molecule has 0 bridgehead atoms. The van der Waals surface area contributed by atoms with Gasteiger partial charge in [0.1, 0.15) is 5.75 Å². The van der Waals surface area contributed by atoms with Crippen LogP contribution in [0, 0.1) is 0 Å². The number of carbonyl (C=O) groups excluding carboxylic acids is 1. The topological polar surface area (TPSA) is 67.0 Å². The van der Waals surface area contributed by atoms with Gasteiger partial charge in [-0.3, -0.25) is 4.79 Å². The molecule has 3 rings (SSSR count). The van der Waals surface area contributed by atoms with Crippen molar-refractivity contribution in [3.8, 4) is 5.75 Å². The predicted octanol–water partition coefficient (Wildman–Crippen LogP) is 3.63. The number of methoxy groups -OCH3 is 1. The molecule has 1 aromatic heterocycles. The van der Waals surface area contributed by atoms with Crippen molar-refractivity contribution in [3.05, 3.63) is 53.1 Å². The number of rotatable bonds is 6. The van der Waals surface area contributed by atoms with E-state index < -0.39 is 0 Å². The molecule has 1 amide bonds. The number of aromatic nitrogens is 2. The van der Waals surface area contributed by atoms with Crippen molar-refractivity contribution in [2.45, 2.75) is 11.7 Å². The number of nitrogens with one attached hydrogen (secondary N) is 2. The Bertz CT molecular complexity index is 866. The van der Waals surface area contributed by atoms with Crippen molar-refractivity contribution in [2.75, 3.05) is 12.9 Å². The third-order valence-electron chi connectivity index (χ3n) is 3.39. The number of carbonyl (C=O) groups is 1. The number of nitrogens with zero attached hydrogens (tertiary/aromatic N) is 1. The summed E-state index contributed by atoms with van der Waals surface area (Å²) < 4.78 is 5.17. The van der Waals surface area contributed by atoms with E-state index in [0.29, 0.717) is 16.7 Å². The van der Waals surface area contributed by atoms with E-state index in [1.54, 1.807) is 13.2 Å². The Morgan fingerprint density at radius 2 is 2.21 bits per heavy atom. The molecule has 0 unspecified atom stereocenters. The zero-order chi connectivity index (χ0) is 16.9. The first-order valence-electron chi connectivity index (χ1n) is 7.32. The summed E-state index contributed by atoms with van der Waals surface area (Å²) >= 11 is 7.31. The molecule has 7 heteroatoms. The lowest BCUT2D eigenvalue weighted by molar-refractivity contribution is -0.118.